The van der Waals surface area contributed by atoms with Gasteiger partial charge in [0.1, 0.15) is 5.65 Å². The van der Waals surface area contributed by atoms with Crippen LogP contribution in [0, 0.1) is 12.8 Å². The first-order valence-corrected chi connectivity index (χ1v) is 10.8. The Kier molecular flexibility index (Phi) is 7.60. The van der Waals surface area contributed by atoms with Gasteiger partial charge in [-0.2, -0.15) is 0 Å². The normalized spacial score (nSPS) is 11.8. The molecule has 31 heavy (non-hydrogen) atoms. The zero-order chi connectivity index (χ0) is 22.4. The molecule has 0 saturated heterocycles. The van der Waals surface area contributed by atoms with Gasteiger partial charge in [-0.3, -0.25) is 14.9 Å². The van der Waals surface area contributed by atoms with Gasteiger partial charge in [-0.25, -0.2) is 10.5 Å². The number of imidazole rings is 1. The van der Waals surface area contributed by atoms with Crippen LogP contribution in [0.25, 0.3) is 23.0 Å². The molecule has 0 bridgehead atoms. The van der Waals surface area contributed by atoms with Crippen LogP contribution in [-0.2, 0) is 11.3 Å². The second kappa shape index (κ2) is 10.4. The van der Waals surface area contributed by atoms with Gasteiger partial charge >= 0.3 is 0 Å². The summed E-state index contributed by atoms with van der Waals surface area (Å²) in [7, 11) is 0. The number of nitrogens with one attached hydrogen (secondary N) is 1. The molecule has 6 nitrogen and oxygen atoms in total. The summed E-state index contributed by atoms with van der Waals surface area (Å²) >= 11 is 0. The highest BCUT2D eigenvalue weighted by molar-refractivity contribution is 5.90. The van der Waals surface area contributed by atoms with E-state index in [9.17, 15) is 4.79 Å². The molecule has 0 aliphatic rings. The van der Waals surface area contributed by atoms with Crippen LogP contribution in [0.2, 0.25) is 0 Å². The third kappa shape index (κ3) is 5.81. The summed E-state index contributed by atoms with van der Waals surface area (Å²) in [6, 6.07) is 10.3. The van der Waals surface area contributed by atoms with Gasteiger partial charge in [0.2, 0.25) is 0 Å². The predicted molar refractivity (Wildman–Crippen MR) is 125 cm³/mol. The Hall–Kier alpha value is -2.96. The van der Waals surface area contributed by atoms with E-state index in [4.69, 9.17) is 10.2 Å². The van der Waals surface area contributed by atoms with Crippen molar-refractivity contribution in [1.82, 2.24) is 19.8 Å². The van der Waals surface area contributed by atoms with Crippen LogP contribution in [-0.4, -0.2) is 38.5 Å². The van der Waals surface area contributed by atoms with Crippen molar-refractivity contribution in [3.05, 3.63) is 65.5 Å². The highest BCUT2D eigenvalue weighted by atomic mass is 16.5. The van der Waals surface area contributed by atoms with E-state index in [0.717, 1.165) is 42.1 Å². The van der Waals surface area contributed by atoms with Crippen molar-refractivity contribution < 1.29 is 10.0 Å². The van der Waals surface area contributed by atoms with Gasteiger partial charge in [-0.05, 0) is 67.3 Å². The summed E-state index contributed by atoms with van der Waals surface area (Å²) in [5.41, 5.74) is 7.89. The second-order valence-corrected chi connectivity index (χ2v) is 8.30. The molecule has 164 valence electrons. The fourth-order valence-electron chi connectivity index (χ4n) is 3.60. The highest BCUT2D eigenvalue weighted by Gasteiger charge is 2.13. The molecule has 3 aromatic rings. The lowest BCUT2D eigenvalue weighted by atomic mass is 9.99. The number of carbonyl (C=O) groups excluding carboxylic acids is 1. The van der Waals surface area contributed by atoms with E-state index in [1.165, 1.54) is 23.6 Å². The predicted octanol–water partition coefficient (Wildman–Crippen LogP) is 4.70. The van der Waals surface area contributed by atoms with Gasteiger partial charge in [0, 0.05) is 30.6 Å². The second-order valence-electron chi connectivity index (χ2n) is 8.30. The van der Waals surface area contributed by atoms with Crippen LogP contribution in [0.3, 0.4) is 0 Å². The molecule has 2 heterocycles. The van der Waals surface area contributed by atoms with E-state index in [2.05, 4.69) is 50.8 Å². The highest BCUT2D eigenvalue weighted by Crippen LogP contribution is 2.27. The van der Waals surface area contributed by atoms with Crippen LogP contribution in [0.1, 0.15) is 43.9 Å². The smallest absolute Gasteiger partial charge is 0.267 e. The molecular weight excluding hydrogens is 388 g/mol. The average molecular weight is 421 g/mol. The van der Waals surface area contributed by atoms with E-state index >= 15 is 0 Å². The van der Waals surface area contributed by atoms with Crippen LogP contribution in [0.5, 0.6) is 0 Å². The van der Waals surface area contributed by atoms with Crippen LogP contribution >= 0.6 is 0 Å². The number of benzene rings is 1. The van der Waals surface area contributed by atoms with Gasteiger partial charge in [-0.15, -0.1) is 0 Å². The standard InChI is InChI=1S/C25H32N4O2/c1-5-28(13-11-18(2)3)16-21-7-6-8-22(19(21)4)23-17-29-14-12-20(15-24(29)26-23)9-10-25(30)27-31/h6-10,12,14-15,17-18,31H,5,11,13,16H2,1-4H3,(H,27,30)/b10-9+. The zero-order valence-corrected chi connectivity index (χ0v) is 18.8. The molecule has 3 rings (SSSR count). The Morgan fingerprint density at radius 1 is 1.32 bits per heavy atom. The average Bonchev–Trinajstić information content (AvgIpc) is 3.18. The number of aromatic nitrogens is 2. The first-order valence-electron chi connectivity index (χ1n) is 10.8. The molecule has 1 aromatic carbocycles. The van der Waals surface area contributed by atoms with E-state index in [1.807, 2.05) is 28.9 Å². The van der Waals surface area contributed by atoms with E-state index in [0.29, 0.717) is 5.92 Å². The topological polar surface area (TPSA) is 69.9 Å². The van der Waals surface area contributed by atoms with Gasteiger partial charge < -0.3 is 4.40 Å². The third-order valence-electron chi connectivity index (χ3n) is 5.61. The molecule has 1 amide bonds. The van der Waals surface area contributed by atoms with Crippen molar-refractivity contribution in [2.45, 2.75) is 40.7 Å². The Labute approximate surface area is 184 Å². The van der Waals surface area contributed by atoms with Gasteiger partial charge in [0.15, 0.2) is 0 Å². The molecular formula is C25H32N4O2. The third-order valence-corrected chi connectivity index (χ3v) is 5.61. The zero-order valence-electron chi connectivity index (χ0n) is 18.8. The number of carbonyl (C=O) groups is 1. The van der Waals surface area contributed by atoms with Crippen molar-refractivity contribution in [3.8, 4) is 11.3 Å². The summed E-state index contributed by atoms with van der Waals surface area (Å²) in [6.07, 6.45) is 8.08. The summed E-state index contributed by atoms with van der Waals surface area (Å²) in [6.45, 7) is 12.0. The minimum atomic E-state index is -0.564. The molecule has 0 atom stereocenters. The van der Waals surface area contributed by atoms with Crippen molar-refractivity contribution in [3.63, 3.8) is 0 Å². The van der Waals surface area contributed by atoms with Crippen molar-refractivity contribution in [2.24, 2.45) is 5.92 Å². The first-order chi connectivity index (χ1) is 14.9. The van der Waals surface area contributed by atoms with Crippen LogP contribution < -0.4 is 5.48 Å². The number of fused-ring (bicyclic) bond motifs is 1. The van der Waals surface area contributed by atoms with Crippen LogP contribution in [0.15, 0.2) is 48.8 Å². The van der Waals surface area contributed by atoms with Gasteiger partial charge in [0.25, 0.3) is 5.91 Å². The summed E-state index contributed by atoms with van der Waals surface area (Å²) in [4.78, 5) is 18.5. The number of pyridine rings is 1. The summed E-state index contributed by atoms with van der Waals surface area (Å²) < 4.78 is 1.98. The SMILES string of the molecule is CCN(CCC(C)C)Cc1cccc(-c2cn3ccc(/C=C/C(=O)NO)cc3n2)c1C. The maximum atomic E-state index is 11.2. The van der Waals surface area contributed by atoms with E-state index < -0.39 is 5.91 Å². The maximum Gasteiger partial charge on any atom is 0.267 e. The quantitative estimate of drug-likeness (QED) is 0.299. The number of hydroxylamine groups is 1. The van der Waals surface area contributed by atoms with E-state index in [1.54, 1.807) is 11.6 Å². The largest absolute Gasteiger partial charge is 0.306 e. The minimum absolute atomic E-state index is 0.564. The number of rotatable bonds is 9. The lowest BCUT2D eigenvalue weighted by molar-refractivity contribution is -0.124. The molecule has 6 heteroatoms. The first kappa shape index (κ1) is 22.7. The van der Waals surface area contributed by atoms with E-state index in [-0.39, 0.29) is 0 Å². The summed E-state index contributed by atoms with van der Waals surface area (Å²) in [5.74, 6) is 0.142. The molecule has 0 fully saturated rings. The Bertz CT molecular complexity index is 1070. The maximum absolute atomic E-state index is 11.2. The lowest BCUT2D eigenvalue weighted by Crippen LogP contribution is -2.25. The number of amides is 1. The van der Waals surface area contributed by atoms with Crippen molar-refractivity contribution in [1.29, 1.82) is 0 Å². The molecule has 0 aliphatic heterocycles. The Morgan fingerprint density at radius 3 is 2.84 bits per heavy atom. The lowest BCUT2D eigenvalue weighted by Gasteiger charge is -2.23. The molecule has 0 spiro atoms. The fraction of sp³-hybridized carbons (Fsp3) is 0.360. The molecule has 2 N–H and O–H groups in total. The van der Waals surface area contributed by atoms with Crippen molar-refractivity contribution in [2.75, 3.05) is 13.1 Å². The molecule has 0 saturated carbocycles. The van der Waals surface area contributed by atoms with Gasteiger partial charge in [0.05, 0.1) is 5.69 Å². The Balaban J connectivity index is 1.86. The monoisotopic (exact) mass is 420 g/mol. The number of hydrogen-bond donors (Lipinski definition) is 2. The van der Waals surface area contributed by atoms with Crippen LogP contribution in [0.4, 0.5) is 0 Å². The minimum Gasteiger partial charge on any atom is -0.306 e. The number of hydrogen-bond acceptors (Lipinski definition) is 4. The molecule has 0 unspecified atom stereocenters. The Morgan fingerprint density at radius 2 is 2.13 bits per heavy atom. The molecule has 0 radical (unpaired) electrons. The van der Waals surface area contributed by atoms with Gasteiger partial charge in [-0.1, -0.05) is 39.0 Å². The fourth-order valence-corrected chi connectivity index (χ4v) is 3.60. The molecule has 0 aliphatic carbocycles. The summed E-state index contributed by atoms with van der Waals surface area (Å²) in [5, 5.41) is 8.62. The van der Waals surface area contributed by atoms with Crippen molar-refractivity contribution >= 4 is 17.6 Å². The molecule has 2 aromatic heterocycles. The number of nitrogens with zero attached hydrogens (tertiary/aromatic N) is 3.